The Hall–Kier alpha value is -1.82. The van der Waals surface area contributed by atoms with E-state index in [0.29, 0.717) is 6.42 Å². The third-order valence-corrected chi connectivity index (χ3v) is 4.30. The topological polar surface area (TPSA) is 78.4 Å². The van der Waals surface area contributed by atoms with Crippen LogP contribution >= 0.6 is 11.3 Å². The molecule has 0 radical (unpaired) electrons. The average Bonchev–Trinajstić information content (AvgIpc) is 3.06. The Kier molecular flexibility index (Phi) is 4.79. The SMILES string of the molecule is CCC(NC(=O)NC1C=CC(C(=O)O)C1)c1cccs1. The maximum absolute atomic E-state index is 11.9. The smallest absolute Gasteiger partial charge is 0.315 e. The van der Waals surface area contributed by atoms with Crippen molar-refractivity contribution >= 4 is 23.3 Å². The van der Waals surface area contributed by atoms with Crippen LogP contribution in [-0.4, -0.2) is 23.1 Å². The molecule has 1 aliphatic rings. The molecule has 2 rings (SSSR count). The molecule has 1 aromatic heterocycles. The van der Waals surface area contributed by atoms with E-state index < -0.39 is 11.9 Å². The molecule has 20 heavy (non-hydrogen) atoms. The highest BCUT2D eigenvalue weighted by Crippen LogP contribution is 2.22. The number of aliphatic carboxylic acids is 1. The van der Waals surface area contributed by atoms with Gasteiger partial charge in [0.1, 0.15) is 0 Å². The van der Waals surface area contributed by atoms with Crippen molar-refractivity contribution in [1.82, 2.24) is 10.6 Å². The summed E-state index contributed by atoms with van der Waals surface area (Å²) in [5.74, 6) is -1.35. The van der Waals surface area contributed by atoms with Crippen LogP contribution in [0.15, 0.2) is 29.7 Å². The zero-order valence-corrected chi connectivity index (χ0v) is 12.0. The molecule has 2 amide bonds. The van der Waals surface area contributed by atoms with Gasteiger partial charge in [-0.2, -0.15) is 0 Å². The van der Waals surface area contributed by atoms with Crippen LogP contribution in [0.25, 0.3) is 0 Å². The lowest BCUT2D eigenvalue weighted by Gasteiger charge is -2.18. The van der Waals surface area contributed by atoms with Crippen molar-refractivity contribution in [2.75, 3.05) is 0 Å². The quantitative estimate of drug-likeness (QED) is 0.730. The fourth-order valence-electron chi connectivity index (χ4n) is 2.22. The second kappa shape index (κ2) is 6.56. The van der Waals surface area contributed by atoms with Gasteiger partial charge in [0.15, 0.2) is 0 Å². The summed E-state index contributed by atoms with van der Waals surface area (Å²) in [4.78, 5) is 23.9. The van der Waals surface area contributed by atoms with Crippen molar-refractivity contribution < 1.29 is 14.7 Å². The van der Waals surface area contributed by atoms with Crippen molar-refractivity contribution in [3.05, 3.63) is 34.5 Å². The highest BCUT2D eigenvalue weighted by atomic mass is 32.1. The zero-order chi connectivity index (χ0) is 14.5. The summed E-state index contributed by atoms with van der Waals surface area (Å²) < 4.78 is 0. The molecule has 5 nitrogen and oxygen atoms in total. The van der Waals surface area contributed by atoms with Crippen molar-refractivity contribution in [3.63, 3.8) is 0 Å². The van der Waals surface area contributed by atoms with Gasteiger partial charge in [-0.05, 0) is 24.3 Å². The number of carbonyl (C=O) groups excluding carboxylic acids is 1. The summed E-state index contributed by atoms with van der Waals surface area (Å²) >= 11 is 1.61. The molecule has 3 unspecified atom stereocenters. The fraction of sp³-hybridized carbons (Fsp3) is 0.429. The predicted molar refractivity (Wildman–Crippen MR) is 77.7 cm³/mol. The van der Waals surface area contributed by atoms with Gasteiger partial charge in [-0.3, -0.25) is 4.79 Å². The van der Waals surface area contributed by atoms with E-state index in [1.807, 2.05) is 24.4 Å². The van der Waals surface area contributed by atoms with E-state index in [1.54, 1.807) is 23.5 Å². The number of thiophene rings is 1. The first kappa shape index (κ1) is 14.6. The number of carboxylic acids is 1. The van der Waals surface area contributed by atoms with Crippen LogP contribution < -0.4 is 10.6 Å². The molecular formula is C14H18N2O3S. The van der Waals surface area contributed by atoms with Crippen molar-refractivity contribution in [1.29, 1.82) is 0 Å². The summed E-state index contributed by atoms with van der Waals surface area (Å²) in [6.07, 6.45) is 4.60. The van der Waals surface area contributed by atoms with E-state index in [-0.39, 0.29) is 18.1 Å². The maximum Gasteiger partial charge on any atom is 0.315 e. The second-order valence-corrected chi connectivity index (χ2v) is 5.75. The van der Waals surface area contributed by atoms with Crippen molar-refractivity contribution in [2.24, 2.45) is 5.92 Å². The summed E-state index contributed by atoms with van der Waals surface area (Å²) in [6.45, 7) is 2.01. The fourth-order valence-corrected chi connectivity index (χ4v) is 3.08. The largest absolute Gasteiger partial charge is 0.481 e. The van der Waals surface area contributed by atoms with Crippen LogP contribution in [-0.2, 0) is 4.79 Å². The Labute approximate surface area is 121 Å². The minimum atomic E-state index is -0.851. The first-order valence-corrected chi connectivity index (χ1v) is 7.49. The highest BCUT2D eigenvalue weighted by Gasteiger charge is 2.25. The van der Waals surface area contributed by atoms with Crippen LogP contribution in [0.1, 0.15) is 30.7 Å². The van der Waals surface area contributed by atoms with E-state index in [9.17, 15) is 9.59 Å². The summed E-state index contributed by atoms with van der Waals surface area (Å²) in [5, 5.41) is 16.6. The molecule has 6 heteroatoms. The zero-order valence-electron chi connectivity index (χ0n) is 11.2. The lowest BCUT2D eigenvalue weighted by Crippen LogP contribution is -2.42. The minimum Gasteiger partial charge on any atom is -0.481 e. The number of hydrogen-bond acceptors (Lipinski definition) is 3. The Bertz CT molecular complexity index is 499. The number of amides is 2. The number of carboxylic acid groups (broad SMARTS) is 1. The van der Waals surface area contributed by atoms with Gasteiger partial charge in [0, 0.05) is 4.88 Å². The average molecular weight is 294 g/mol. The molecule has 0 fully saturated rings. The molecule has 0 bridgehead atoms. The van der Waals surface area contributed by atoms with Gasteiger partial charge in [0.25, 0.3) is 0 Å². The molecule has 0 saturated heterocycles. The van der Waals surface area contributed by atoms with Gasteiger partial charge in [-0.1, -0.05) is 25.1 Å². The Morgan fingerprint density at radius 2 is 2.30 bits per heavy atom. The normalized spacial score (nSPS) is 22.4. The Balaban J connectivity index is 1.84. The number of urea groups is 1. The summed E-state index contributed by atoms with van der Waals surface area (Å²) in [7, 11) is 0. The van der Waals surface area contributed by atoms with Gasteiger partial charge < -0.3 is 15.7 Å². The molecular weight excluding hydrogens is 276 g/mol. The lowest BCUT2D eigenvalue weighted by atomic mass is 10.1. The first-order chi connectivity index (χ1) is 9.60. The molecule has 108 valence electrons. The van der Waals surface area contributed by atoms with Crippen molar-refractivity contribution in [2.45, 2.75) is 31.8 Å². The van der Waals surface area contributed by atoms with Crippen molar-refractivity contribution in [3.8, 4) is 0 Å². The standard InChI is InChI=1S/C14H18N2O3S/c1-2-11(12-4-3-7-20-12)16-14(19)15-10-6-5-9(8-10)13(17)18/h3-7,9-11H,2,8H2,1H3,(H,17,18)(H2,15,16,19). The maximum atomic E-state index is 11.9. The molecule has 0 spiro atoms. The summed E-state index contributed by atoms with van der Waals surface area (Å²) in [6, 6.07) is 3.48. The van der Waals surface area contributed by atoms with E-state index in [0.717, 1.165) is 11.3 Å². The number of nitrogens with one attached hydrogen (secondary N) is 2. The number of rotatable bonds is 5. The Morgan fingerprint density at radius 3 is 2.85 bits per heavy atom. The highest BCUT2D eigenvalue weighted by molar-refractivity contribution is 7.10. The molecule has 1 aromatic rings. The molecule has 0 aliphatic heterocycles. The van der Waals surface area contributed by atoms with Crippen LogP contribution in [0, 0.1) is 5.92 Å². The van der Waals surface area contributed by atoms with Crippen LogP contribution in [0.3, 0.4) is 0 Å². The van der Waals surface area contributed by atoms with Gasteiger partial charge in [0.05, 0.1) is 18.0 Å². The third kappa shape index (κ3) is 3.60. The molecule has 0 saturated carbocycles. The molecule has 3 atom stereocenters. The number of carbonyl (C=O) groups is 2. The van der Waals surface area contributed by atoms with Crippen LogP contribution in [0.5, 0.6) is 0 Å². The molecule has 1 aliphatic carbocycles. The van der Waals surface area contributed by atoms with E-state index in [2.05, 4.69) is 10.6 Å². The van der Waals surface area contributed by atoms with Crippen LogP contribution in [0.2, 0.25) is 0 Å². The predicted octanol–water partition coefficient (Wildman–Crippen LogP) is 2.53. The van der Waals surface area contributed by atoms with Crippen LogP contribution in [0.4, 0.5) is 4.79 Å². The second-order valence-electron chi connectivity index (χ2n) is 4.77. The molecule has 0 aromatic carbocycles. The number of hydrogen-bond donors (Lipinski definition) is 3. The first-order valence-electron chi connectivity index (χ1n) is 6.61. The van der Waals surface area contributed by atoms with Gasteiger partial charge in [0.2, 0.25) is 0 Å². The van der Waals surface area contributed by atoms with E-state index in [4.69, 9.17) is 5.11 Å². The molecule has 3 N–H and O–H groups in total. The summed E-state index contributed by atoms with van der Waals surface area (Å²) in [5.41, 5.74) is 0. The lowest BCUT2D eigenvalue weighted by molar-refractivity contribution is -0.140. The van der Waals surface area contributed by atoms with Gasteiger partial charge in [-0.25, -0.2) is 4.79 Å². The van der Waals surface area contributed by atoms with E-state index >= 15 is 0 Å². The van der Waals surface area contributed by atoms with Gasteiger partial charge in [-0.15, -0.1) is 11.3 Å². The van der Waals surface area contributed by atoms with Gasteiger partial charge >= 0.3 is 12.0 Å². The monoisotopic (exact) mass is 294 g/mol. The molecule has 1 heterocycles. The van der Waals surface area contributed by atoms with E-state index in [1.165, 1.54) is 0 Å². The minimum absolute atomic E-state index is 0.00402. The third-order valence-electron chi connectivity index (χ3n) is 3.32. The Morgan fingerprint density at radius 1 is 1.50 bits per heavy atom.